The van der Waals surface area contributed by atoms with E-state index in [-0.39, 0.29) is 24.1 Å². The van der Waals surface area contributed by atoms with Crippen LogP contribution >= 0.6 is 0 Å². The Morgan fingerprint density at radius 3 is 2.71 bits per heavy atom. The van der Waals surface area contributed by atoms with Crippen molar-refractivity contribution in [3.8, 4) is 11.5 Å². The van der Waals surface area contributed by atoms with Gasteiger partial charge in [-0.05, 0) is 30.5 Å². The number of nitrogens with zero attached hydrogens (tertiary/aromatic N) is 2. The fraction of sp³-hybridized carbons (Fsp3) is 0.381. The van der Waals surface area contributed by atoms with Gasteiger partial charge in [0.1, 0.15) is 0 Å². The largest absolute Gasteiger partial charge is 0.490 e. The summed E-state index contributed by atoms with van der Waals surface area (Å²) in [6.45, 7) is 1.90. The van der Waals surface area contributed by atoms with Gasteiger partial charge in [0, 0.05) is 24.6 Å². The number of nitro benzene ring substituents is 1. The maximum absolute atomic E-state index is 13.0. The Kier molecular flexibility index (Phi) is 5.14. The van der Waals surface area contributed by atoms with Gasteiger partial charge in [0.2, 0.25) is 5.91 Å². The molecule has 2 aromatic rings. The third kappa shape index (κ3) is 3.65. The summed E-state index contributed by atoms with van der Waals surface area (Å²) in [4.78, 5) is 25.6. The van der Waals surface area contributed by atoms with Gasteiger partial charge in [0.15, 0.2) is 11.5 Å². The summed E-state index contributed by atoms with van der Waals surface area (Å²) >= 11 is 0. The van der Waals surface area contributed by atoms with Crippen molar-refractivity contribution in [3.05, 3.63) is 63.7 Å². The molecule has 2 aliphatic heterocycles. The fourth-order valence-corrected chi connectivity index (χ4v) is 3.90. The van der Waals surface area contributed by atoms with Crippen LogP contribution in [-0.4, -0.2) is 35.5 Å². The number of likely N-dealkylation sites (tertiary alicyclic amines) is 1. The molecule has 0 radical (unpaired) electrons. The van der Waals surface area contributed by atoms with Crippen LogP contribution in [0.5, 0.6) is 11.5 Å². The molecule has 0 spiro atoms. The minimum Gasteiger partial charge on any atom is -0.490 e. The minimum absolute atomic E-state index is 0.0119. The minimum atomic E-state index is -0.437. The van der Waals surface area contributed by atoms with Crippen molar-refractivity contribution in [2.45, 2.75) is 31.7 Å². The molecule has 7 heteroatoms. The Labute approximate surface area is 163 Å². The molecule has 1 amide bonds. The van der Waals surface area contributed by atoms with Gasteiger partial charge in [-0.1, -0.05) is 24.3 Å². The van der Waals surface area contributed by atoms with Crippen LogP contribution in [-0.2, 0) is 11.2 Å². The van der Waals surface area contributed by atoms with E-state index in [1.54, 1.807) is 18.2 Å². The first kappa shape index (κ1) is 18.3. The average Bonchev–Trinajstić information content (AvgIpc) is 3.07. The number of ether oxygens (including phenoxy) is 2. The van der Waals surface area contributed by atoms with Crippen LogP contribution in [0.4, 0.5) is 5.69 Å². The normalized spacial score (nSPS) is 18.6. The molecule has 1 atom stereocenters. The number of para-hydroxylation sites is 1. The number of rotatable bonds is 4. The SMILES string of the molecule is O=C(Cc1ccccc1[N+](=O)[O-])N1CCCC1c1ccc2c(c1)OCCCO2. The van der Waals surface area contributed by atoms with Gasteiger partial charge in [-0.25, -0.2) is 0 Å². The lowest BCUT2D eigenvalue weighted by molar-refractivity contribution is -0.385. The molecule has 146 valence electrons. The summed E-state index contributed by atoms with van der Waals surface area (Å²) in [5.41, 5.74) is 1.45. The number of hydrogen-bond donors (Lipinski definition) is 0. The number of fused-ring (bicyclic) bond motifs is 1. The van der Waals surface area contributed by atoms with Crippen molar-refractivity contribution in [1.82, 2.24) is 4.90 Å². The van der Waals surface area contributed by atoms with E-state index in [9.17, 15) is 14.9 Å². The zero-order chi connectivity index (χ0) is 19.5. The number of carbonyl (C=O) groups excluding carboxylic acids is 1. The summed E-state index contributed by atoms with van der Waals surface area (Å²) < 4.78 is 11.5. The molecular formula is C21H22N2O5. The molecule has 0 saturated carbocycles. The zero-order valence-corrected chi connectivity index (χ0v) is 15.5. The van der Waals surface area contributed by atoms with Crippen molar-refractivity contribution in [2.75, 3.05) is 19.8 Å². The smallest absolute Gasteiger partial charge is 0.273 e. The summed E-state index contributed by atoms with van der Waals surface area (Å²) in [6.07, 6.45) is 2.64. The predicted octanol–water partition coefficient (Wildman–Crippen LogP) is 3.66. The van der Waals surface area contributed by atoms with Gasteiger partial charge in [0.05, 0.1) is 30.6 Å². The Hall–Kier alpha value is -3.09. The summed E-state index contributed by atoms with van der Waals surface area (Å²) in [6, 6.07) is 12.2. The second-order valence-corrected chi connectivity index (χ2v) is 7.06. The van der Waals surface area contributed by atoms with Gasteiger partial charge in [-0.3, -0.25) is 14.9 Å². The lowest BCUT2D eigenvalue weighted by Crippen LogP contribution is -2.32. The van der Waals surface area contributed by atoms with Crippen molar-refractivity contribution in [1.29, 1.82) is 0 Å². The maximum atomic E-state index is 13.0. The fourth-order valence-electron chi connectivity index (χ4n) is 3.90. The van der Waals surface area contributed by atoms with E-state index in [1.165, 1.54) is 6.07 Å². The molecule has 1 unspecified atom stereocenters. The van der Waals surface area contributed by atoms with Crippen molar-refractivity contribution in [3.63, 3.8) is 0 Å². The van der Waals surface area contributed by atoms with Crippen LogP contribution in [0, 0.1) is 10.1 Å². The molecule has 0 bridgehead atoms. The van der Waals surface area contributed by atoms with Crippen LogP contribution in [0.3, 0.4) is 0 Å². The van der Waals surface area contributed by atoms with Crippen molar-refractivity contribution >= 4 is 11.6 Å². The van der Waals surface area contributed by atoms with Crippen molar-refractivity contribution in [2.24, 2.45) is 0 Å². The second kappa shape index (κ2) is 7.88. The lowest BCUT2D eigenvalue weighted by atomic mass is 10.0. The van der Waals surface area contributed by atoms with Crippen molar-refractivity contribution < 1.29 is 19.2 Å². The summed E-state index contributed by atoms with van der Waals surface area (Å²) in [5.74, 6) is 1.36. The zero-order valence-electron chi connectivity index (χ0n) is 15.5. The Bertz CT molecular complexity index is 898. The molecule has 0 aromatic heterocycles. The van der Waals surface area contributed by atoms with Gasteiger partial charge >= 0.3 is 0 Å². The molecule has 28 heavy (non-hydrogen) atoms. The molecule has 0 aliphatic carbocycles. The van der Waals surface area contributed by atoms with Gasteiger partial charge in [-0.2, -0.15) is 0 Å². The van der Waals surface area contributed by atoms with Crippen LogP contribution in [0.15, 0.2) is 42.5 Å². The Morgan fingerprint density at radius 1 is 1.11 bits per heavy atom. The topological polar surface area (TPSA) is 81.9 Å². The Balaban J connectivity index is 1.55. The summed E-state index contributed by atoms with van der Waals surface area (Å²) in [7, 11) is 0. The van der Waals surface area contributed by atoms with Crippen LogP contribution in [0.25, 0.3) is 0 Å². The number of amides is 1. The van der Waals surface area contributed by atoms with Gasteiger partial charge in [0.25, 0.3) is 5.69 Å². The first-order valence-electron chi connectivity index (χ1n) is 9.55. The Morgan fingerprint density at radius 2 is 1.89 bits per heavy atom. The highest BCUT2D eigenvalue weighted by Gasteiger charge is 2.31. The number of benzene rings is 2. The third-order valence-corrected chi connectivity index (χ3v) is 5.26. The van der Waals surface area contributed by atoms with E-state index in [0.29, 0.717) is 31.1 Å². The van der Waals surface area contributed by atoms with Gasteiger partial charge < -0.3 is 14.4 Å². The highest BCUT2D eigenvalue weighted by molar-refractivity contribution is 5.80. The molecule has 2 aromatic carbocycles. The van der Waals surface area contributed by atoms with E-state index < -0.39 is 4.92 Å². The average molecular weight is 382 g/mol. The van der Waals surface area contributed by atoms with E-state index in [2.05, 4.69) is 0 Å². The molecule has 2 aliphatic rings. The van der Waals surface area contributed by atoms with E-state index in [1.807, 2.05) is 23.1 Å². The predicted molar refractivity (Wildman–Crippen MR) is 103 cm³/mol. The molecular weight excluding hydrogens is 360 g/mol. The van der Waals surface area contributed by atoms with Crippen LogP contribution < -0.4 is 9.47 Å². The monoisotopic (exact) mass is 382 g/mol. The number of carbonyl (C=O) groups is 1. The standard InChI is InChI=1S/C21H22N2O5/c24-21(14-15-5-1-2-6-18(15)23(25)26)22-10-3-7-17(22)16-8-9-19-20(13-16)28-12-4-11-27-19/h1-2,5-6,8-9,13,17H,3-4,7,10-12,14H2. The molecule has 0 N–H and O–H groups in total. The number of hydrogen-bond acceptors (Lipinski definition) is 5. The van der Waals surface area contributed by atoms with E-state index in [0.717, 1.165) is 30.6 Å². The van der Waals surface area contributed by atoms with Crippen LogP contribution in [0.1, 0.15) is 36.4 Å². The highest BCUT2D eigenvalue weighted by atomic mass is 16.6. The lowest BCUT2D eigenvalue weighted by Gasteiger charge is -2.26. The first-order chi connectivity index (χ1) is 13.6. The third-order valence-electron chi connectivity index (χ3n) is 5.26. The van der Waals surface area contributed by atoms with E-state index in [4.69, 9.17) is 9.47 Å². The second-order valence-electron chi connectivity index (χ2n) is 7.06. The molecule has 1 saturated heterocycles. The number of nitro groups is 1. The molecule has 1 fully saturated rings. The first-order valence-corrected chi connectivity index (χ1v) is 9.55. The highest BCUT2D eigenvalue weighted by Crippen LogP contribution is 2.38. The van der Waals surface area contributed by atoms with E-state index >= 15 is 0 Å². The maximum Gasteiger partial charge on any atom is 0.273 e. The van der Waals surface area contributed by atoms with Crippen LogP contribution in [0.2, 0.25) is 0 Å². The quantitative estimate of drug-likeness (QED) is 0.595. The molecule has 4 rings (SSSR count). The molecule has 2 heterocycles. The summed E-state index contributed by atoms with van der Waals surface area (Å²) in [5, 5.41) is 11.2. The molecule has 7 nitrogen and oxygen atoms in total. The van der Waals surface area contributed by atoms with Gasteiger partial charge in [-0.15, -0.1) is 0 Å².